The fraction of sp³-hybridized carbons (Fsp3) is 0.125. The molecule has 0 atom stereocenters. The van der Waals surface area contributed by atoms with Crippen LogP contribution in [-0.2, 0) is 4.79 Å². The Morgan fingerprint density at radius 3 is 2.33 bits per heavy atom. The summed E-state index contributed by atoms with van der Waals surface area (Å²) in [6, 6.07) is 13.4. The van der Waals surface area contributed by atoms with E-state index in [1.54, 1.807) is 12.1 Å². The molecular formula is C24H19Br2N3O7. The highest BCUT2D eigenvalue weighted by Crippen LogP contribution is 2.34. The Morgan fingerprint density at radius 2 is 1.72 bits per heavy atom. The van der Waals surface area contributed by atoms with Crippen LogP contribution in [0.2, 0.25) is 0 Å². The number of ether oxygens (including phenoxy) is 3. The number of hydrogen-bond acceptors (Lipinski definition) is 8. The maximum absolute atomic E-state index is 12.4. The lowest BCUT2D eigenvalue weighted by molar-refractivity contribution is -0.384. The highest BCUT2D eigenvalue weighted by Gasteiger charge is 2.15. The van der Waals surface area contributed by atoms with E-state index in [2.05, 4.69) is 42.4 Å². The van der Waals surface area contributed by atoms with Gasteiger partial charge < -0.3 is 14.2 Å². The molecule has 0 aromatic heterocycles. The zero-order chi connectivity index (χ0) is 26.2. The number of nitrogens with zero attached hydrogens (tertiary/aromatic N) is 2. The summed E-state index contributed by atoms with van der Waals surface area (Å²) in [6.45, 7) is 1.68. The maximum atomic E-state index is 12.4. The van der Waals surface area contributed by atoms with E-state index < -0.39 is 16.8 Å². The minimum atomic E-state index is -0.705. The van der Waals surface area contributed by atoms with E-state index in [0.717, 1.165) is 5.56 Å². The molecule has 0 aliphatic carbocycles. The number of nitro groups is 1. The van der Waals surface area contributed by atoms with Gasteiger partial charge >= 0.3 is 5.97 Å². The fourth-order valence-corrected chi connectivity index (χ4v) is 4.54. The first-order valence-corrected chi connectivity index (χ1v) is 11.8. The van der Waals surface area contributed by atoms with Crippen LogP contribution in [0.15, 0.2) is 68.6 Å². The van der Waals surface area contributed by atoms with Crippen molar-refractivity contribution in [1.82, 2.24) is 5.43 Å². The Hall–Kier alpha value is -3.77. The first-order chi connectivity index (χ1) is 17.2. The van der Waals surface area contributed by atoms with Gasteiger partial charge in [0.05, 0.1) is 32.8 Å². The van der Waals surface area contributed by atoms with Crippen molar-refractivity contribution in [3.8, 4) is 17.2 Å². The maximum Gasteiger partial charge on any atom is 0.343 e. The largest absolute Gasteiger partial charge is 0.493 e. The molecule has 0 bridgehead atoms. The van der Waals surface area contributed by atoms with Crippen molar-refractivity contribution in [2.24, 2.45) is 5.10 Å². The van der Waals surface area contributed by atoms with Gasteiger partial charge in [0.1, 0.15) is 5.75 Å². The summed E-state index contributed by atoms with van der Waals surface area (Å²) < 4.78 is 17.6. The topological polar surface area (TPSA) is 129 Å². The van der Waals surface area contributed by atoms with Gasteiger partial charge in [-0.15, -0.1) is 0 Å². The number of nitro benzene ring substituents is 1. The van der Waals surface area contributed by atoms with Gasteiger partial charge in [-0.3, -0.25) is 14.9 Å². The van der Waals surface area contributed by atoms with E-state index >= 15 is 0 Å². The lowest BCUT2D eigenvalue weighted by Crippen LogP contribution is -2.24. The molecule has 1 amide bonds. The van der Waals surface area contributed by atoms with E-state index in [9.17, 15) is 19.7 Å². The van der Waals surface area contributed by atoms with Crippen LogP contribution in [-0.4, -0.2) is 36.7 Å². The number of halogens is 2. The Balaban J connectivity index is 1.58. The summed E-state index contributed by atoms with van der Waals surface area (Å²) in [5.74, 6) is -0.277. The first-order valence-electron chi connectivity index (χ1n) is 10.2. The van der Waals surface area contributed by atoms with Gasteiger partial charge in [0.15, 0.2) is 18.1 Å². The minimum absolute atomic E-state index is 0.137. The van der Waals surface area contributed by atoms with Crippen LogP contribution in [0.3, 0.4) is 0 Å². The molecule has 0 spiro atoms. The number of carbonyl (C=O) groups is 2. The van der Waals surface area contributed by atoms with Gasteiger partial charge in [0.2, 0.25) is 0 Å². The molecule has 1 N–H and O–H groups in total. The van der Waals surface area contributed by atoms with Crippen LogP contribution in [0.4, 0.5) is 5.69 Å². The minimum Gasteiger partial charge on any atom is -0.493 e. The highest BCUT2D eigenvalue weighted by atomic mass is 79.9. The third-order valence-electron chi connectivity index (χ3n) is 4.60. The van der Waals surface area contributed by atoms with Gasteiger partial charge in [0, 0.05) is 12.1 Å². The molecule has 3 rings (SSSR count). The van der Waals surface area contributed by atoms with Crippen molar-refractivity contribution in [2.45, 2.75) is 6.92 Å². The normalized spacial score (nSPS) is 10.7. The third kappa shape index (κ3) is 7.12. The van der Waals surface area contributed by atoms with Crippen LogP contribution in [0, 0.1) is 17.0 Å². The molecule has 0 fully saturated rings. The predicted octanol–water partition coefficient (Wildman–Crippen LogP) is 5.19. The molecule has 0 heterocycles. The van der Waals surface area contributed by atoms with Crippen molar-refractivity contribution in [3.63, 3.8) is 0 Å². The van der Waals surface area contributed by atoms with Gasteiger partial charge in [-0.05, 0) is 92.4 Å². The fourth-order valence-electron chi connectivity index (χ4n) is 2.90. The van der Waals surface area contributed by atoms with Crippen LogP contribution in [0.5, 0.6) is 17.2 Å². The molecule has 36 heavy (non-hydrogen) atoms. The van der Waals surface area contributed by atoms with Crippen molar-refractivity contribution in [3.05, 3.63) is 90.3 Å². The van der Waals surface area contributed by atoms with Gasteiger partial charge in [-0.25, -0.2) is 10.2 Å². The summed E-state index contributed by atoms with van der Waals surface area (Å²) in [5.41, 5.74) is 3.96. The van der Waals surface area contributed by atoms with Crippen LogP contribution >= 0.6 is 31.9 Å². The molecule has 0 aliphatic heterocycles. The molecule has 0 radical (unpaired) electrons. The Kier molecular flexibility index (Phi) is 9.14. The highest BCUT2D eigenvalue weighted by molar-refractivity contribution is 9.11. The molecule has 3 aromatic carbocycles. The van der Waals surface area contributed by atoms with Gasteiger partial charge in [-0.2, -0.15) is 5.10 Å². The Labute approximate surface area is 222 Å². The smallest absolute Gasteiger partial charge is 0.343 e. The van der Waals surface area contributed by atoms with Crippen molar-refractivity contribution in [1.29, 1.82) is 0 Å². The van der Waals surface area contributed by atoms with Gasteiger partial charge in [0.25, 0.3) is 11.6 Å². The number of rotatable bonds is 9. The molecule has 0 unspecified atom stereocenters. The van der Waals surface area contributed by atoms with E-state index in [4.69, 9.17) is 14.2 Å². The molecule has 0 saturated heterocycles. The van der Waals surface area contributed by atoms with Crippen molar-refractivity contribution in [2.75, 3.05) is 13.7 Å². The van der Waals surface area contributed by atoms with E-state index in [0.29, 0.717) is 20.3 Å². The van der Waals surface area contributed by atoms with E-state index in [1.165, 1.54) is 43.7 Å². The quantitative estimate of drug-likeness (QED) is 0.115. The predicted molar refractivity (Wildman–Crippen MR) is 139 cm³/mol. The zero-order valence-electron chi connectivity index (χ0n) is 19.0. The number of carbonyl (C=O) groups excluding carboxylic acids is 2. The van der Waals surface area contributed by atoms with Crippen molar-refractivity contribution >= 4 is 55.6 Å². The molecule has 0 aliphatic rings. The van der Waals surface area contributed by atoms with Gasteiger partial charge in [-0.1, -0.05) is 0 Å². The number of amides is 1. The van der Waals surface area contributed by atoms with E-state index in [-0.39, 0.29) is 29.4 Å². The Morgan fingerprint density at radius 1 is 1.06 bits per heavy atom. The summed E-state index contributed by atoms with van der Waals surface area (Å²) in [5, 5.41) is 14.7. The lowest BCUT2D eigenvalue weighted by Gasteiger charge is -2.10. The third-order valence-corrected chi connectivity index (χ3v) is 5.78. The van der Waals surface area contributed by atoms with Crippen LogP contribution < -0.4 is 19.6 Å². The number of hydrogen-bond donors (Lipinski definition) is 1. The molecular weight excluding hydrogens is 602 g/mol. The number of non-ortho nitro benzene ring substituents is 1. The lowest BCUT2D eigenvalue weighted by atomic mass is 10.2. The van der Waals surface area contributed by atoms with Crippen LogP contribution in [0.1, 0.15) is 21.5 Å². The summed E-state index contributed by atoms with van der Waals surface area (Å²) >= 11 is 6.81. The second-order valence-corrected chi connectivity index (χ2v) is 8.95. The summed E-state index contributed by atoms with van der Waals surface area (Å²) in [7, 11) is 1.40. The zero-order valence-corrected chi connectivity index (χ0v) is 22.2. The molecule has 186 valence electrons. The Bertz CT molecular complexity index is 1300. The van der Waals surface area contributed by atoms with E-state index in [1.807, 2.05) is 19.1 Å². The second-order valence-electron chi connectivity index (χ2n) is 7.24. The standard InChI is InChI=1S/C24H19Br2N3O7/c1-14-9-18(25)23(19(26)10-14)35-13-22(30)28-27-12-15-3-8-20(21(11-15)34-2)36-24(31)16-4-6-17(7-5-16)29(32)33/h3-12H,13H2,1-2H3,(H,28,30)/b27-12-. The number of hydrazone groups is 1. The molecule has 3 aromatic rings. The summed E-state index contributed by atoms with van der Waals surface area (Å²) in [4.78, 5) is 34.7. The SMILES string of the molecule is COc1cc(/C=N\NC(=O)COc2c(Br)cc(C)cc2Br)ccc1OC(=O)c1ccc([N+](=O)[O-])cc1. The second kappa shape index (κ2) is 12.3. The molecule has 0 saturated carbocycles. The molecule has 12 heteroatoms. The molecule has 10 nitrogen and oxygen atoms in total. The number of nitrogens with one attached hydrogen (secondary N) is 1. The number of methoxy groups -OCH3 is 1. The number of esters is 1. The van der Waals surface area contributed by atoms with Crippen molar-refractivity contribution < 1.29 is 28.7 Å². The monoisotopic (exact) mass is 619 g/mol. The average molecular weight is 621 g/mol. The summed E-state index contributed by atoms with van der Waals surface area (Å²) in [6.07, 6.45) is 1.39. The van der Waals surface area contributed by atoms with Crippen LogP contribution in [0.25, 0.3) is 0 Å². The first kappa shape index (κ1) is 26.8. The number of aryl methyl sites for hydroxylation is 1. The average Bonchev–Trinajstić information content (AvgIpc) is 2.84. The number of benzene rings is 3.